The van der Waals surface area contributed by atoms with Crippen LogP contribution in [0, 0.1) is 5.82 Å². The third-order valence-electron chi connectivity index (χ3n) is 5.17. The van der Waals surface area contributed by atoms with Gasteiger partial charge < -0.3 is 9.64 Å². The van der Waals surface area contributed by atoms with E-state index in [9.17, 15) is 9.18 Å². The highest BCUT2D eigenvalue weighted by Gasteiger charge is 2.15. The first kappa shape index (κ1) is 25.0. The maximum absolute atomic E-state index is 12.3. The SMILES string of the molecule is CCc1cn(C2=CC=C(Cl)CC=C2)c(-c2ccccc2OC)n1.CN(C=O)c1ccc(F)cc1. The van der Waals surface area contributed by atoms with Crippen LogP contribution in [0.25, 0.3) is 17.1 Å². The second-order valence-corrected chi connectivity index (χ2v) is 7.97. The van der Waals surface area contributed by atoms with Crippen LogP contribution in [0.3, 0.4) is 0 Å². The van der Waals surface area contributed by atoms with Gasteiger partial charge in [-0.3, -0.25) is 9.36 Å². The van der Waals surface area contributed by atoms with Crippen LogP contribution in [0.15, 0.2) is 84.1 Å². The number of hydrogen-bond acceptors (Lipinski definition) is 3. The van der Waals surface area contributed by atoms with E-state index in [1.54, 1.807) is 26.3 Å². The van der Waals surface area contributed by atoms with Gasteiger partial charge in [-0.1, -0.05) is 36.7 Å². The van der Waals surface area contributed by atoms with Crippen LogP contribution >= 0.6 is 11.6 Å². The molecule has 3 aromatic rings. The summed E-state index contributed by atoms with van der Waals surface area (Å²) in [6.07, 6.45) is 12.5. The summed E-state index contributed by atoms with van der Waals surface area (Å²) in [6.45, 7) is 2.10. The van der Waals surface area contributed by atoms with Crippen molar-refractivity contribution in [2.45, 2.75) is 19.8 Å². The van der Waals surface area contributed by atoms with Crippen molar-refractivity contribution in [3.8, 4) is 17.1 Å². The minimum absolute atomic E-state index is 0.298. The van der Waals surface area contributed by atoms with Gasteiger partial charge in [0.25, 0.3) is 0 Å². The molecule has 1 amide bonds. The Hall–Kier alpha value is -3.64. The van der Waals surface area contributed by atoms with Gasteiger partial charge in [-0.15, -0.1) is 0 Å². The van der Waals surface area contributed by atoms with Gasteiger partial charge in [0.05, 0.1) is 18.4 Å². The molecule has 176 valence electrons. The molecule has 1 heterocycles. The summed E-state index contributed by atoms with van der Waals surface area (Å²) in [4.78, 5) is 16.4. The molecule has 0 unspecified atom stereocenters. The molecule has 34 heavy (non-hydrogen) atoms. The number of methoxy groups -OCH3 is 1. The van der Waals surface area contributed by atoms with E-state index in [4.69, 9.17) is 21.3 Å². The average molecular weight is 480 g/mol. The van der Waals surface area contributed by atoms with Crippen LogP contribution in [-0.2, 0) is 11.2 Å². The first-order chi connectivity index (χ1) is 16.5. The van der Waals surface area contributed by atoms with Gasteiger partial charge in [-0.25, -0.2) is 9.37 Å². The molecule has 0 spiro atoms. The highest BCUT2D eigenvalue weighted by atomic mass is 35.5. The monoisotopic (exact) mass is 479 g/mol. The summed E-state index contributed by atoms with van der Waals surface area (Å²) >= 11 is 6.13. The maximum Gasteiger partial charge on any atom is 0.213 e. The molecule has 1 aromatic heterocycles. The van der Waals surface area contributed by atoms with E-state index in [0.29, 0.717) is 12.1 Å². The number of halogens is 2. The van der Waals surface area contributed by atoms with Crippen molar-refractivity contribution in [3.63, 3.8) is 0 Å². The van der Waals surface area contributed by atoms with E-state index < -0.39 is 0 Å². The molecule has 0 atom stereocenters. The lowest BCUT2D eigenvalue weighted by molar-refractivity contribution is -0.107. The van der Waals surface area contributed by atoms with E-state index in [-0.39, 0.29) is 5.82 Å². The van der Waals surface area contributed by atoms with Crippen molar-refractivity contribution in [3.05, 3.63) is 95.6 Å². The van der Waals surface area contributed by atoms with Crippen molar-refractivity contribution in [1.29, 1.82) is 0 Å². The van der Waals surface area contributed by atoms with Crippen LogP contribution in [0.1, 0.15) is 19.0 Å². The third-order valence-corrected chi connectivity index (χ3v) is 5.45. The lowest BCUT2D eigenvalue weighted by Crippen LogP contribution is -2.13. The first-order valence-corrected chi connectivity index (χ1v) is 11.2. The molecule has 0 radical (unpaired) electrons. The number of rotatable bonds is 6. The van der Waals surface area contributed by atoms with Crippen molar-refractivity contribution in [1.82, 2.24) is 9.55 Å². The second kappa shape index (κ2) is 12.0. The third kappa shape index (κ3) is 6.23. The summed E-state index contributed by atoms with van der Waals surface area (Å²) in [5.74, 6) is 1.39. The molecule has 4 rings (SSSR count). The van der Waals surface area contributed by atoms with E-state index in [2.05, 4.69) is 29.8 Å². The van der Waals surface area contributed by atoms with Gasteiger partial charge in [0.2, 0.25) is 6.41 Å². The van der Waals surface area contributed by atoms with E-state index >= 15 is 0 Å². The number of hydrogen-bond donors (Lipinski definition) is 0. The minimum Gasteiger partial charge on any atom is -0.496 e. The molecule has 1 aliphatic carbocycles. The molecule has 7 heteroatoms. The number of para-hydroxylation sites is 1. The van der Waals surface area contributed by atoms with E-state index in [1.807, 2.05) is 36.4 Å². The topological polar surface area (TPSA) is 47.4 Å². The number of carbonyl (C=O) groups is 1. The summed E-state index contributed by atoms with van der Waals surface area (Å²) in [6, 6.07) is 13.7. The molecular weight excluding hydrogens is 453 g/mol. The Morgan fingerprint density at radius 1 is 1.18 bits per heavy atom. The summed E-state index contributed by atoms with van der Waals surface area (Å²) < 4.78 is 19.9. The fourth-order valence-corrected chi connectivity index (χ4v) is 3.46. The number of aromatic nitrogens is 2. The molecule has 0 aliphatic heterocycles. The van der Waals surface area contributed by atoms with E-state index in [1.165, 1.54) is 17.0 Å². The van der Waals surface area contributed by atoms with Crippen LogP contribution < -0.4 is 9.64 Å². The number of ether oxygens (including phenoxy) is 1. The molecule has 5 nitrogen and oxygen atoms in total. The largest absolute Gasteiger partial charge is 0.496 e. The molecule has 0 N–H and O–H groups in total. The number of imidazole rings is 1. The van der Waals surface area contributed by atoms with Crippen LogP contribution in [-0.4, -0.2) is 30.1 Å². The molecule has 0 fully saturated rings. The zero-order valence-electron chi connectivity index (χ0n) is 19.4. The van der Waals surface area contributed by atoms with Gasteiger partial charge in [-0.05, 0) is 61.0 Å². The highest BCUT2D eigenvalue weighted by Crippen LogP contribution is 2.31. The number of anilines is 1. The van der Waals surface area contributed by atoms with Crippen molar-refractivity contribution in [2.75, 3.05) is 19.1 Å². The maximum atomic E-state index is 12.3. The van der Waals surface area contributed by atoms with Gasteiger partial charge in [-0.2, -0.15) is 0 Å². The lowest BCUT2D eigenvalue weighted by atomic mass is 10.2. The molecular formula is C27H27ClFN3O2. The number of nitrogens with zero attached hydrogens (tertiary/aromatic N) is 3. The number of aryl methyl sites for hydroxylation is 1. The lowest BCUT2D eigenvalue weighted by Gasteiger charge is -2.11. The predicted octanol–water partition coefficient (Wildman–Crippen LogP) is 6.46. The summed E-state index contributed by atoms with van der Waals surface area (Å²) in [5, 5.41) is 0.825. The Morgan fingerprint density at radius 2 is 1.91 bits per heavy atom. The standard InChI is InChI=1S/C19H19ClN2O.C8H8FNO/c1-3-15-13-22(16-8-6-7-14(20)11-12-16)19(21-15)17-9-4-5-10-18(17)23-2;1-10(6-11)8-4-2-7(9)3-5-8/h4-6,8-13H,3,7H2,1-2H3;2-6H,1H3. The first-order valence-electron chi connectivity index (χ1n) is 10.9. The smallest absolute Gasteiger partial charge is 0.213 e. The summed E-state index contributed by atoms with van der Waals surface area (Å²) in [7, 11) is 3.29. The zero-order valence-corrected chi connectivity index (χ0v) is 20.2. The summed E-state index contributed by atoms with van der Waals surface area (Å²) in [5.41, 5.74) is 3.73. The molecule has 0 saturated carbocycles. The van der Waals surface area contributed by atoms with Crippen LogP contribution in [0.5, 0.6) is 5.75 Å². The average Bonchev–Trinajstić information content (AvgIpc) is 3.18. The molecule has 0 saturated heterocycles. The Kier molecular flexibility index (Phi) is 8.82. The molecule has 1 aliphatic rings. The van der Waals surface area contributed by atoms with Crippen molar-refractivity contribution < 1.29 is 13.9 Å². The molecule has 2 aromatic carbocycles. The number of amides is 1. The molecule has 0 bridgehead atoms. The highest BCUT2D eigenvalue weighted by molar-refractivity contribution is 6.29. The van der Waals surface area contributed by atoms with Crippen molar-refractivity contribution >= 4 is 29.4 Å². The Labute approximate surface area is 204 Å². The Morgan fingerprint density at radius 3 is 2.59 bits per heavy atom. The van der Waals surface area contributed by atoms with E-state index in [0.717, 1.165) is 46.4 Å². The fourth-order valence-electron chi connectivity index (χ4n) is 3.30. The Balaban J connectivity index is 0.000000248. The normalized spacial score (nSPS) is 12.6. The van der Waals surface area contributed by atoms with Gasteiger partial charge in [0, 0.05) is 36.1 Å². The van der Waals surface area contributed by atoms with Crippen LogP contribution in [0.2, 0.25) is 0 Å². The quantitative estimate of drug-likeness (QED) is 0.381. The minimum atomic E-state index is -0.298. The van der Waals surface area contributed by atoms with Crippen molar-refractivity contribution in [2.24, 2.45) is 0 Å². The number of allylic oxidation sites excluding steroid dienone is 6. The van der Waals surface area contributed by atoms with Gasteiger partial charge in [0.15, 0.2) is 0 Å². The fraction of sp³-hybridized carbons (Fsp3) is 0.185. The predicted molar refractivity (Wildman–Crippen MR) is 136 cm³/mol. The Bertz CT molecular complexity index is 1210. The number of carbonyl (C=O) groups excluding carboxylic acids is 1. The second-order valence-electron chi connectivity index (χ2n) is 7.48. The van der Waals surface area contributed by atoms with Gasteiger partial charge >= 0.3 is 0 Å². The zero-order chi connectivity index (χ0) is 24.5. The van der Waals surface area contributed by atoms with Gasteiger partial charge in [0.1, 0.15) is 17.4 Å². The number of benzene rings is 2. The van der Waals surface area contributed by atoms with Crippen LogP contribution in [0.4, 0.5) is 10.1 Å².